The monoisotopic (exact) mass is 411 g/mol. The van der Waals surface area contributed by atoms with Gasteiger partial charge in [-0.25, -0.2) is 8.78 Å². The van der Waals surface area contributed by atoms with E-state index in [9.17, 15) is 18.7 Å². The van der Waals surface area contributed by atoms with Crippen molar-refractivity contribution in [2.75, 3.05) is 0 Å². The van der Waals surface area contributed by atoms with Gasteiger partial charge in [0.25, 0.3) is 0 Å². The summed E-state index contributed by atoms with van der Waals surface area (Å²) in [5.41, 5.74) is 2.84. The highest BCUT2D eigenvalue weighted by atomic mass is 32.1. The Kier molecular flexibility index (Phi) is 5.20. The molecular weight excluding hydrogens is 392 g/mol. The van der Waals surface area contributed by atoms with Gasteiger partial charge in [-0.05, 0) is 60.7 Å². The van der Waals surface area contributed by atoms with Crippen molar-refractivity contribution in [3.8, 4) is 5.75 Å². The van der Waals surface area contributed by atoms with Crippen molar-refractivity contribution in [2.24, 2.45) is 0 Å². The van der Waals surface area contributed by atoms with Crippen LogP contribution in [0.2, 0.25) is 0 Å². The Balaban J connectivity index is 1.68. The van der Waals surface area contributed by atoms with E-state index in [1.54, 1.807) is 23.5 Å². The number of nitrogens with zero attached hydrogens (tertiary/aromatic N) is 1. The zero-order valence-electron chi connectivity index (χ0n) is 15.8. The van der Waals surface area contributed by atoms with E-state index in [2.05, 4.69) is 4.57 Å². The minimum absolute atomic E-state index is 0.0900. The molecule has 0 aliphatic rings. The molecule has 0 saturated carbocycles. The van der Waals surface area contributed by atoms with Gasteiger partial charge >= 0.3 is 0 Å². The molecule has 0 saturated heterocycles. The highest BCUT2D eigenvalue weighted by Crippen LogP contribution is 2.31. The summed E-state index contributed by atoms with van der Waals surface area (Å²) in [4.78, 5) is 14.2. The van der Waals surface area contributed by atoms with E-state index in [0.29, 0.717) is 29.5 Å². The molecule has 4 aromatic rings. The average Bonchev–Trinajstić information content (AvgIpc) is 3.29. The number of aromatic hydroxyl groups is 1. The summed E-state index contributed by atoms with van der Waals surface area (Å²) >= 11 is 1.64. The molecule has 0 aliphatic carbocycles. The third-order valence-electron chi connectivity index (χ3n) is 5.10. The van der Waals surface area contributed by atoms with Crippen LogP contribution >= 0.6 is 11.3 Å². The molecule has 3 nitrogen and oxygen atoms in total. The van der Waals surface area contributed by atoms with Crippen molar-refractivity contribution >= 4 is 28.0 Å². The number of aryl methyl sites for hydroxylation is 1. The Hall–Kier alpha value is -2.99. The Morgan fingerprint density at radius 3 is 2.66 bits per heavy atom. The van der Waals surface area contributed by atoms with Crippen LogP contribution in [-0.4, -0.2) is 15.5 Å². The van der Waals surface area contributed by atoms with Crippen molar-refractivity contribution in [3.05, 3.63) is 87.2 Å². The molecule has 2 heterocycles. The van der Waals surface area contributed by atoms with Crippen LogP contribution in [0.1, 0.15) is 32.9 Å². The summed E-state index contributed by atoms with van der Waals surface area (Å²) < 4.78 is 28.6. The van der Waals surface area contributed by atoms with Crippen LogP contribution < -0.4 is 0 Å². The van der Waals surface area contributed by atoms with Gasteiger partial charge in [0.2, 0.25) is 0 Å². The van der Waals surface area contributed by atoms with Gasteiger partial charge in [-0.3, -0.25) is 4.79 Å². The summed E-state index contributed by atoms with van der Waals surface area (Å²) in [6, 6.07) is 12.8. The van der Waals surface area contributed by atoms with E-state index < -0.39 is 11.6 Å². The topological polar surface area (TPSA) is 42.2 Å². The van der Waals surface area contributed by atoms with Crippen LogP contribution in [0.5, 0.6) is 5.75 Å². The second kappa shape index (κ2) is 7.79. The minimum atomic E-state index is -0.913. The van der Waals surface area contributed by atoms with Crippen molar-refractivity contribution in [1.82, 2.24) is 4.57 Å². The van der Waals surface area contributed by atoms with Crippen molar-refractivity contribution in [2.45, 2.75) is 26.3 Å². The lowest BCUT2D eigenvalue weighted by molar-refractivity contribution is 0.0983. The van der Waals surface area contributed by atoms with Crippen molar-refractivity contribution < 1.29 is 18.7 Å². The van der Waals surface area contributed by atoms with Crippen LogP contribution in [0.25, 0.3) is 10.9 Å². The molecule has 0 spiro atoms. The van der Waals surface area contributed by atoms with E-state index >= 15 is 0 Å². The number of ketones is 1. The molecule has 6 heteroatoms. The van der Waals surface area contributed by atoms with Gasteiger partial charge in [-0.15, -0.1) is 11.3 Å². The number of benzene rings is 2. The number of phenolic OH excluding ortho intramolecular Hbond substituents is 1. The van der Waals surface area contributed by atoms with Gasteiger partial charge in [0.15, 0.2) is 17.4 Å². The number of Topliss-reactive ketones (excluding diaryl/α,β-unsaturated/α-hetero) is 1. The number of hydrogen-bond donors (Lipinski definition) is 1. The number of phenols is 1. The SMILES string of the molecule is Cc1c(C(=O)CCc2ccc(F)c(F)c2)c2cc(O)ccc2n1Cc1cccs1. The number of halogens is 2. The highest BCUT2D eigenvalue weighted by Gasteiger charge is 2.20. The van der Waals surface area contributed by atoms with E-state index in [1.165, 1.54) is 10.9 Å². The molecular formula is C23H19F2NO2S. The number of carbonyl (C=O) groups is 1. The second-order valence-corrected chi connectivity index (χ2v) is 8.03. The lowest BCUT2D eigenvalue weighted by atomic mass is 10.00. The number of rotatable bonds is 6. The fourth-order valence-electron chi connectivity index (χ4n) is 3.66. The zero-order chi connectivity index (χ0) is 20.5. The molecule has 0 atom stereocenters. The van der Waals surface area contributed by atoms with Gasteiger partial charge in [-0.2, -0.15) is 0 Å². The molecule has 0 unspecified atom stereocenters. The van der Waals surface area contributed by atoms with Crippen LogP contribution in [0.3, 0.4) is 0 Å². The minimum Gasteiger partial charge on any atom is -0.508 e. The largest absolute Gasteiger partial charge is 0.508 e. The van der Waals surface area contributed by atoms with E-state index in [1.807, 2.05) is 30.5 Å². The molecule has 0 radical (unpaired) electrons. The molecule has 0 fully saturated rings. The predicted molar refractivity (Wildman–Crippen MR) is 111 cm³/mol. The van der Waals surface area contributed by atoms with Gasteiger partial charge in [0.05, 0.1) is 6.54 Å². The van der Waals surface area contributed by atoms with E-state index in [0.717, 1.165) is 23.3 Å². The lowest BCUT2D eigenvalue weighted by Gasteiger charge is -2.07. The summed E-state index contributed by atoms with van der Waals surface area (Å²) in [5, 5.41) is 12.7. The molecule has 148 valence electrons. The zero-order valence-corrected chi connectivity index (χ0v) is 16.6. The fourth-order valence-corrected chi connectivity index (χ4v) is 4.35. The van der Waals surface area contributed by atoms with Crippen LogP contribution in [-0.2, 0) is 13.0 Å². The van der Waals surface area contributed by atoms with Crippen molar-refractivity contribution in [3.63, 3.8) is 0 Å². The highest BCUT2D eigenvalue weighted by molar-refractivity contribution is 7.09. The van der Waals surface area contributed by atoms with Gasteiger partial charge < -0.3 is 9.67 Å². The van der Waals surface area contributed by atoms with Crippen LogP contribution in [0.15, 0.2) is 53.9 Å². The van der Waals surface area contributed by atoms with Crippen molar-refractivity contribution in [1.29, 1.82) is 0 Å². The number of carbonyl (C=O) groups excluding carboxylic acids is 1. The normalized spacial score (nSPS) is 11.3. The number of thiophene rings is 1. The molecule has 1 N–H and O–H groups in total. The first-order chi connectivity index (χ1) is 13.9. The lowest BCUT2D eigenvalue weighted by Crippen LogP contribution is -2.06. The standard InChI is InChI=1S/C23H19F2NO2S/c1-14-23(22(28)9-5-15-4-7-19(24)20(25)11-15)18-12-16(27)6-8-21(18)26(14)13-17-3-2-10-29-17/h2-4,6-8,10-12,27H,5,9,13H2,1H3. The van der Waals surface area contributed by atoms with Crippen LogP contribution in [0.4, 0.5) is 8.78 Å². The summed E-state index contributed by atoms with van der Waals surface area (Å²) in [6.07, 6.45) is 0.478. The Morgan fingerprint density at radius 2 is 1.93 bits per heavy atom. The number of aromatic nitrogens is 1. The molecule has 0 bridgehead atoms. The number of hydrogen-bond acceptors (Lipinski definition) is 3. The maximum atomic E-state index is 13.4. The molecule has 4 rings (SSSR count). The maximum Gasteiger partial charge on any atom is 0.165 e. The third kappa shape index (κ3) is 3.80. The van der Waals surface area contributed by atoms with E-state index in [-0.39, 0.29) is 18.0 Å². The third-order valence-corrected chi connectivity index (χ3v) is 5.97. The Labute approximate surface area is 170 Å². The van der Waals surface area contributed by atoms with E-state index in [4.69, 9.17) is 0 Å². The second-order valence-electron chi connectivity index (χ2n) is 7.00. The molecule has 0 amide bonds. The first-order valence-electron chi connectivity index (χ1n) is 9.25. The maximum absolute atomic E-state index is 13.4. The summed E-state index contributed by atoms with van der Waals surface area (Å²) in [5.74, 6) is -1.81. The Bertz CT molecular complexity index is 1200. The summed E-state index contributed by atoms with van der Waals surface area (Å²) in [6.45, 7) is 2.54. The summed E-state index contributed by atoms with van der Waals surface area (Å²) in [7, 11) is 0. The van der Waals surface area contributed by atoms with Gasteiger partial charge in [0.1, 0.15) is 5.75 Å². The van der Waals surface area contributed by atoms with Gasteiger partial charge in [-0.1, -0.05) is 12.1 Å². The molecule has 29 heavy (non-hydrogen) atoms. The first-order valence-corrected chi connectivity index (χ1v) is 10.1. The quantitative estimate of drug-likeness (QED) is 0.404. The smallest absolute Gasteiger partial charge is 0.165 e. The molecule has 2 aromatic carbocycles. The van der Waals surface area contributed by atoms with Gasteiger partial charge in [0, 0.05) is 33.5 Å². The first kappa shape index (κ1) is 19.3. The van der Waals surface area contributed by atoms with Crippen LogP contribution in [0, 0.1) is 18.6 Å². The Morgan fingerprint density at radius 1 is 1.10 bits per heavy atom. The molecule has 0 aliphatic heterocycles. The average molecular weight is 411 g/mol. The fraction of sp³-hybridized carbons (Fsp3) is 0.174. The predicted octanol–water partition coefficient (Wildman–Crippen LogP) is 5.86. The number of fused-ring (bicyclic) bond motifs is 1. The molecule has 2 aromatic heterocycles.